The van der Waals surface area contributed by atoms with Crippen molar-refractivity contribution in [1.29, 1.82) is 0 Å². The van der Waals surface area contributed by atoms with Crippen molar-refractivity contribution < 1.29 is 13.2 Å². The maximum Gasteiger partial charge on any atom is 0.256 e. The fraction of sp³-hybridized carbons (Fsp3) is 0.538. The third-order valence-electron chi connectivity index (χ3n) is 3.83. The molecule has 1 aliphatic carbocycles. The van der Waals surface area contributed by atoms with Gasteiger partial charge in [-0.05, 0) is 30.9 Å². The second-order valence-electron chi connectivity index (χ2n) is 5.53. The SMILES string of the molecule is NC(CNC(=O)C1=CC=CN2CCS(=O)(=O)N=C12)C1CC1. The summed E-state index contributed by atoms with van der Waals surface area (Å²) in [5.74, 6) is 0.314. The van der Waals surface area contributed by atoms with Gasteiger partial charge in [0, 0.05) is 25.3 Å². The van der Waals surface area contributed by atoms with Crippen molar-refractivity contribution in [3.8, 4) is 0 Å². The molecule has 2 aliphatic heterocycles. The Balaban J connectivity index is 1.73. The van der Waals surface area contributed by atoms with E-state index < -0.39 is 10.0 Å². The smallest absolute Gasteiger partial charge is 0.256 e. The monoisotopic (exact) mass is 310 g/mol. The van der Waals surface area contributed by atoms with Gasteiger partial charge in [0.15, 0.2) is 5.84 Å². The molecule has 21 heavy (non-hydrogen) atoms. The maximum atomic E-state index is 12.2. The van der Waals surface area contributed by atoms with Crippen LogP contribution in [0.2, 0.25) is 0 Å². The maximum absolute atomic E-state index is 12.2. The number of fused-ring (bicyclic) bond motifs is 1. The number of amides is 1. The summed E-state index contributed by atoms with van der Waals surface area (Å²) in [5.41, 5.74) is 6.21. The first kappa shape index (κ1) is 14.3. The molecule has 3 rings (SSSR count). The normalized spacial score (nSPS) is 24.7. The average molecular weight is 310 g/mol. The second kappa shape index (κ2) is 5.27. The van der Waals surface area contributed by atoms with Crippen molar-refractivity contribution in [1.82, 2.24) is 10.2 Å². The number of allylic oxidation sites excluding steroid dienone is 2. The Morgan fingerprint density at radius 3 is 3.00 bits per heavy atom. The van der Waals surface area contributed by atoms with E-state index in [4.69, 9.17) is 5.73 Å². The number of carbonyl (C=O) groups is 1. The Hall–Kier alpha value is -1.67. The number of nitrogens with two attached hydrogens (primary N) is 1. The fourth-order valence-electron chi connectivity index (χ4n) is 2.39. The van der Waals surface area contributed by atoms with Crippen LogP contribution in [0.15, 0.2) is 28.3 Å². The Bertz CT molecular complexity index is 646. The van der Waals surface area contributed by atoms with E-state index in [-0.39, 0.29) is 29.1 Å². The highest BCUT2D eigenvalue weighted by Crippen LogP contribution is 2.31. The standard InChI is InChI=1S/C13H18N4O3S/c14-11(9-3-4-9)8-15-13(18)10-2-1-5-17-6-7-21(19,20)16-12(10)17/h1-2,5,9,11H,3-4,6-8,14H2,(H,15,18). The molecule has 0 spiro atoms. The van der Waals surface area contributed by atoms with Crippen molar-refractivity contribution in [2.45, 2.75) is 18.9 Å². The highest BCUT2D eigenvalue weighted by molar-refractivity contribution is 7.90. The summed E-state index contributed by atoms with van der Waals surface area (Å²) in [4.78, 5) is 13.9. The number of hydrogen-bond donors (Lipinski definition) is 2. The molecule has 2 heterocycles. The second-order valence-corrected chi connectivity index (χ2v) is 7.28. The van der Waals surface area contributed by atoms with Gasteiger partial charge in [0.05, 0.1) is 11.3 Å². The van der Waals surface area contributed by atoms with Crippen LogP contribution >= 0.6 is 0 Å². The first-order valence-corrected chi connectivity index (χ1v) is 8.59. The molecule has 0 saturated heterocycles. The van der Waals surface area contributed by atoms with Gasteiger partial charge in [-0.2, -0.15) is 0 Å². The van der Waals surface area contributed by atoms with Crippen LogP contribution in [0.1, 0.15) is 12.8 Å². The van der Waals surface area contributed by atoms with Crippen molar-refractivity contribution in [2.75, 3.05) is 18.8 Å². The molecule has 1 unspecified atom stereocenters. The van der Waals surface area contributed by atoms with Crippen LogP contribution in [-0.2, 0) is 14.8 Å². The number of nitrogens with one attached hydrogen (secondary N) is 1. The summed E-state index contributed by atoms with van der Waals surface area (Å²) in [7, 11) is -3.49. The number of nitrogens with zero attached hydrogens (tertiary/aromatic N) is 2. The molecule has 8 heteroatoms. The van der Waals surface area contributed by atoms with E-state index in [2.05, 4.69) is 9.71 Å². The van der Waals surface area contributed by atoms with E-state index >= 15 is 0 Å². The molecule has 3 aliphatic rings. The molecule has 1 atom stereocenters. The van der Waals surface area contributed by atoms with Gasteiger partial charge in [-0.1, -0.05) is 0 Å². The van der Waals surface area contributed by atoms with Crippen molar-refractivity contribution >= 4 is 21.8 Å². The molecular formula is C13H18N4O3S. The molecule has 3 N–H and O–H groups in total. The molecule has 0 aromatic carbocycles. The largest absolute Gasteiger partial charge is 0.350 e. The Labute approximate surface area is 123 Å². The van der Waals surface area contributed by atoms with E-state index in [0.29, 0.717) is 19.0 Å². The Morgan fingerprint density at radius 1 is 1.52 bits per heavy atom. The highest BCUT2D eigenvalue weighted by Gasteiger charge is 2.31. The van der Waals surface area contributed by atoms with Gasteiger partial charge in [0.1, 0.15) is 0 Å². The van der Waals surface area contributed by atoms with Gasteiger partial charge in [-0.3, -0.25) is 4.79 Å². The average Bonchev–Trinajstić information content (AvgIpc) is 3.27. The number of sulfonamides is 1. The molecule has 1 saturated carbocycles. The number of amidine groups is 1. The quantitative estimate of drug-likeness (QED) is 0.717. The van der Waals surface area contributed by atoms with Crippen molar-refractivity contribution in [3.05, 3.63) is 23.9 Å². The lowest BCUT2D eigenvalue weighted by atomic mass is 10.1. The molecule has 1 fully saturated rings. The van der Waals surface area contributed by atoms with Gasteiger partial charge in [-0.25, -0.2) is 8.42 Å². The lowest BCUT2D eigenvalue weighted by Gasteiger charge is -2.28. The Morgan fingerprint density at radius 2 is 2.29 bits per heavy atom. The first-order chi connectivity index (χ1) is 9.96. The van der Waals surface area contributed by atoms with E-state index in [1.165, 1.54) is 0 Å². The lowest BCUT2D eigenvalue weighted by Crippen LogP contribution is -2.44. The van der Waals surface area contributed by atoms with E-state index in [0.717, 1.165) is 12.8 Å². The summed E-state index contributed by atoms with van der Waals surface area (Å²) < 4.78 is 27.0. The van der Waals surface area contributed by atoms with Crippen LogP contribution in [0.3, 0.4) is 0 Å². The fourth-order valence-corrected chi connectivity index (χ4v) is 3.38. The third-order valence-corrected chi connectivity index (χ3v) is 4.98. The predicted molar refractivity (Wildman–Crippen MR) is 78.9 cm³/mol. The van der Waals surface area contributed by atoms with E-state index in [9.17, 15) is 13.2 Å². The topological polar surface area (TPSA) is 105 Å². The minimum absolute atomic E-state index is 0.0394. The van der Waals surface area contributed by atoms with Crippen LogP contribution in [0, 0.1) is 5.92 Å². The van der Waals surface area contributed by atoms with Crippen LogP contribution < -0.4 is 11.1 Å². The van der Waals surface area contributed by atoms with Crippen LogP contribution in [0.25, 0.3) is 0 Å². The van der Waals surface area contributed by atoms with Crippen molar-refractivity contribution in [2.24, 2.45) is 16.0 Å². The van der Waals surface area contributed by atoms with E-state index in [1.807, 2.05) is 0 Å². The molecule has 1 amide bonds. The minimum atomic E-state index is -3.49. The minimum Gasteiger partial charge on any atom is -0.350 e. The van der Waals surface area contributed by atoms with Crippen LogP contribution in [-0.4, -0.2) is 49.9 Å². The van der Waals surface area contributed by atoms with Gasteiger partial charge < -0.3 is 16.0 Å². The molecule has 114 valence electrons. The van der Waals surface area contributed by atoms with Crippen LogP contribution in [0.4, 0.5) is 0 Å². The predicted octanol–water partition coefficient (Wildman–Crippen LogP) is -0.662. The van der Waals surface area contributed by atoms with Gasteiger partial charge in [0.2, 0.25) is 0 Å². The van der Waals surface area contributed by atoms with Crippen molar-refractivity contribution in [3.63, 3.8) is 0 Å². The zero-order chi connectivity index (χ0) is 15.0. The van der Waals surface area contributed by atoms with Gasteiger partial charge in [0.25, 0.3) is 15.9 Å². The zero-order valence-corrected chi connectivity index (χ0v) is 12.3. The van der Waals surface area contributed by atoms with E-state index in [1.54, 1.807) is 23.3 Å². The number of rotatable bonds is 4. The number of hydrogen-bond acceptors (Lipinski definition) is 5. The first-order valence-electron chi connectivity index (χ1n) is 6.98. The molecule has 0 aromatic rings. The zero-order valence-electron chi connectivity index (χ0n) is 11.5. The molecule has 0 aromatic heterocycles. The number of carbonyl (C=O) groups excluding carboxylic acids is 1. The van der Waals surface area contributed by atoms with Gasteiger partial charge >= 0.3 is 0 Å². The molecular weight excluding hydrogens is 292 g/mol. The summed E-state index contributed by atoms with van der Waals surface area (Å²) in [6, 6.07) is -0.0400. The Kier molecular flexibility index (Phi) is 3.58. The van der Waals surface area contributed by atoms with Crippen LogP contribution in [0.5, 0.6) is 0 Å². The lowest BCUT2D eigenvalue weighted by molar-refractivity contribution is -0.117. The molecule has 7 nitrogen and oxygen atoms in total. The summed E-state index contributed by atoms with van der Waals surface area (Å²) >= 11 is 0. The molecule has 0 radical (unpaired) electrons. The van der Waals surface area contributed by atoms with Gasteiger partial charge in [-0.15, -0.1) is 4.40 Å². The summed E-state index contributed by atoms with van der Waals surface area (Å²) in [5, 5.41) is 2.77. The summed E-state index contributed by atoms with van der Waals surface area (Å²) in [6.45, 7) is 0.703. The third kappa shape index (κ3) is 3.16. The summed E-state index contributed by atoms with van der Waals surface area (Å²) in [6.07, 6.45) is 7.24. The highest BCUT2D eigenvalue weighted by atomic mass is 32.2. The molecule has 0 bridgehead atoms.